The molecule has 1 aliphatic carbocycles. The molecule has 1 aromatic carbocycles. The lowest BCUT2D eigenvalue weighted by Crippen LogP contribution is -2.29. The van der Waals surface area contributed by atoms with Crippen molar-refractivity contribution in [3.8, 4) is 6.07 Å². The molecule has 0 spiro atoms. The summed E-state index contributed by atoms with van der Waals surface area (Å²) in [6.07, 6.45) is 1.72. The SMILES string of the molecule is N#Cc1ccc(N(CCC(=O)O)C2CC2)c([N+](=O)[O-])c1. The molecule has 1 aliphatic rings. The van der Waals surface area contributed by atoms with Gasteiger partial charge < -0.3 is 10.0 Å². The van der Waals surface area contributed by atoms with Crippen LogP contribution < -0.4 is 4.90 Å². The molecule has 2 rings (SSSR count). The van der Waals surface area contributed by atoms with Crippen molar-refractivity contribution in [3.05, 3.63) is 33.9 Å². The van der Waals surface area contributed by atoms with Crippen molar-refractivity contribution in [2.24, 2.45) is 0 Å². The van der Waals surface area contributed by atoms with E-state index in [-0.39, 0.29) is 30.3 Å². The van der Waals surface area contributed by atoms with Crippen LogP contribution in [0, 0.1) is 21.4 Å². The highest BCUT2D eigenvalue weighted by Crippen LogP contribution is 2.37. The first kappa shape index (κ1) is 13.8. The summed E-state index contributed by atoms with van der Waals surface area (Å²) in [6.45, 7) is 0.229. The number of carboxylic acids is 1. The Hall–Kier alpha value is -2.62. The van der Waals surface area contributed by atoms with E-state index in [4.69, 9.17) is 10.4 Å². The highest BCUT2D eigenvalue weighted by molar-refractivity contribution is 5.70. The second-order valence-electron chi connectivity index (χ2n) is 4.64. The van der Waals surface area contributed by atoms with Gasteiger partial charge >= 0.3 is 5.97 Å². The van der Waals surface area contributed by atoms with E-state index in [1.54, 1.807) is 4.90 Å². The van der Waals surface area contributed by atoms with Crippen LogP contribution >= 0.6 is 0 Å². The molecule has 0 bridgehead atoms. The quantitative estimate of drug-likeness (QED) is 0.627. The summed E-state index contributed by atoms with van der Waals surface area (Å²) in [4.78, 5) is 23.0. The topological polar surface area (TPSA) is 107 Å². The number of nitrogens with zero attached hydrogens (tertiary/aromatic N) is 3. The Morgan fingerprint density at radius 2 is 2.25 bits per heavy atom. The van der Waals surface area contributed by atoms with Gasteiger partial charge in [0.15, 0.2) is 0 Å². The highest BCUT2D eigenvalue weighted by atomic mass is 16.6. The number of benzene rings is 1. The molecule has 0 amide bonds. The van der Waals surface area contributed by atoms with E-state index in [0.717, 1.165) is 12.8 Å². The maximum atomic E-state index is 11.1. The van der Waals surface area contributed by atoms with Gasteiger partial charge in [0, 0.05) is 18.7 Å². The number of hydrogen-bond acceptors (Lipinski definition) is 5. The molecule has 7 nitrogen and oxygen atoms in total. The first-order chi connectivity index (χ1) is 9.52. The van der Waals surface area contributed by atoms with Gasteiger partial charge in [0.25, 0.3) is 5.69 Å². The van der Waals surface area contributed by atoms with Crippen LogP contribution in [0.2, 0.25) is 0 Å². The van der Waals surface area contributed by atoms with Gasteiger partial charge in [-0.1, -0.05) is 0 Å². The van der Waals surface area contributed by atoms with E-state index < -0.39 is 10.9 Å². The third kappa shape index (κ3) is 3.03. The number of carbonyl (C=O) groups is 1. The summed E-state index contributed by atoms with van der Waals surface area (Å²) in [5.74, 6) is -0.938. The molecule has 0 heterocycles. The molecule has 1 saturated carbocycles. The summed E-state index contributed by atoms with van der Waals surface area (Å²) < 4.78 is 0. The summed E-state index contributed by atoms with van der Waals surface area (Å²) in [5.41, 5.74) is 0.452. The van der Waals surface area contributed by atoms with E-state index in [9.17, 15) is 14.9 Å². The first-order valence-electron chi connectivity index (χ1n) is 6.20. The van der Waals surface area contributed by atoms with Crippen molar-refractivity contribution in [3.63, 3.8) is 0 Å². The molecule has 0 radical (unpaired) electrons. The Morgan fingerprint density at radius 1 is 1.55 bits per heavy atom. The lowest BCUT2D eigenvalue weighted by Gasteiger charge is -2.23. The second-order valence-corrected chi connectivity index (χ2v) is 4.64. The molecule has 104 valence electrons. The molecule has 1 N–H and O–H groups in total. The number of carboxylic acid groups (broad SMARTS) is 1. The van der Waals surface area contributed by atoms with E-state index in [2.05, 4.69) is 0 Å². The van der Waals surface area contributed by atoms with Crippen molar-refractivity contribution < 1.29 is 14.8 Å². The van der Waals surface area contributed by atoms with Gasteiger partial charge in [0.1, 0.15) is 5.69 Å². The van der Waals surface area contributed by atoms with Crippen molar-refractivity contribution in [1.82, 2.24) is 0 Å². The molecule has 0 aliphatic heterocycles. The number of anilines is 1. The van der Waals surface area contributed by atoms with Gasteiger partial charge in [0.05, 0.1) is 23.0 Å². The van der Waals surface area contributed by atoms with Gasteiger partial charge in [-0.05, 0) is 25.0 Å². The maximum Gasteiger partial charge on any atom is 0.305 e. The normalized spacial score (nSPS) is 13.6. The Morgan fingerprint density at radius 3 is 2.75 bits per heavy atom. The summed E-state index contributed by atoms with van der Waals surface area (Å²) in [7, 11) is 0. The van der Waals surface area contributed by atoms with Crippen molar-refractivity contribution in [2.45, 2.75) is 25.3 Å². The fraction of sp³-hybridized carbons (Fsp3) is 0.385. The number of aliphatic carboxylic acids is 1. The zero-order valence-electron chi connectivity index (χ0n) is 10.7. The van der Waals surface area contributed by atoms with Gasteiger partial charge in [-0.25, -0.2) is 0 Å². The van der Waals surface area contributed by atoms with Crippen LogP contribution in [0.1, 0.15) is 24.8 Å². The van der Waals surface area contributed by atoms with Crippen LogP contribution in [0.25, 0.3) is 0 Å². The average Bonchev–Trinajstić information content (AvgIpc) is 3.23. The van der Waals surface area contributed by atoms with Crippen LogP contribution in [0.5, 0.6) is 0 Å². The van der Waals surface area contributed by atoms with Crippen LogP contribution in [-0.2, 0) is 4.79 Å². The number of hydrogen-bond donors (Lipinski definition) is 1. The summed E-state index contributed by atoms with van der Waals surface area (Å²) in [6, 6.07) is 6.28. The number of nitro benzene ring substituents is 1. The predicted molar refractivity (Wildman–Crippen MR) is 70.4 cm³/mol. The standard InChI is InChI=1S/C13H13N3O4/c14-8-9-1-4-11(12(7-9)16(19)20)15(10-2-3-10)6-5-13(17)18/h1,4,7,10H,2-3,5-6H2,(H,17,18). The fourth-order valence-electron chi connectivity index (χ4n) is 2.08. The summed E-state index contributed by atoms with van der Waals surface area (Å²) >= 11 is 0. The third-order valence-corrected chi connectivity index (χ3v) is 3.16. The Labute approximate surface area is 115 Å². The maximum absolute atomic E-state index is 11.1. The van der Waals surface area contributed by atoms with Crippen molar-refractivity contribution >= 4 is 17.3 Å². The average molecular weight is 275 g/mol. The van der Waals surface area contributed by atoms with E-state index in [1.165, 1.54) is 18.2 Å². The zero-order chi connectivity index (χ0) is 14.7. The largest absolute Gasteiger partial charge is 0.481 e. The molecule has 0 saturated heterocycles. The van der Waals surface area contributed by atoms with Crippen LogP contribution in [0.3, 0.4) is 0 Å². The minimum absolute atomic E-state index is 0.0757. The smallest absolute Gasteiger partial charge is 0.305 e. The number of rotatable bonds is 6. The minimum atomic E-state index is -0.938. The molecule has 7 heteroatoms. The van der Waals surface area contributed by atoms with Gasteiger partial charge in [0.2, 0.25) is 0 Å². The Kier molecular flexibility index (Phi) is 3.84. The molecule has 1 aromatic rings. The minimum Gasteiger partial charge on any atom is -0.481 e. The Balaban J connectivity index is 2.34. The Bertz CT molecular complexity index is 590. The van der Waals surface area contributed by atoms with Gasteiger partial charge in [-0.3, -0.25) is 14.9 Å². The molecule has 0 atom stereocenters. The van der Waals surface area contributed by atoms with E-state index in [1.807, 2.05) is 6.07 Å². The highest BCUT2D eigenvalue weighted by Gasteiger charge is 2.33. The van der Waals surface area contributed by atoms with Crippen LogP contribution in [0.4, 0.5) is 11.4 Å². The lowest BCUT2D eigenvalue weighted by atomic mass is 10.1. The fourth-order valence-corrected chi connectivity index (χ4v) is 2.08. The van der Waals surface area contributed by atoms with Crippen molar-refractivity contribution in [1.29, 1.82) is 5.26 Å². The van der Waals surface area contributed by atoms with E-state index in [0.29, 0.717) is 5.69 Å². The van der Waals surface area contributed by atoms with Crippen molar-refractivity contribution in [2.75, 3.05) is 11.4 Å². The van der Waals surface area contributed by atoms with Crippen LogP contribution in [-0.4, -0.2) is 28.6 Å². The number of nitriles is 1. The molecular weight excluding hydrogens is 262 g/mol. The number of nitro groups is 1. The first-order valence-corrected chi connectivity index (χ1v) is 6.20. The molecule has 1 fully saturated rings. The zero-order valence-corrected chi connectivity index (χ0v) is 10.7. The predicted octanol–water partition coefficient (Wildman–Crippen LogP) is 1.91. The monoisotopic (exact) mass is 275 g/mol. The summed E-state index contributed by atoms with van der Waals surface area (Å²) in [5, 5.41) is 28.7. The van der Waals surface area contributed by atoms with E-state index >= 15 is 0 Å². The molecule has 20 heavy (non-hydrogen) atoms. The molecule has 0 aromatic heterocycles. The van der Waals surface area contributed by atoms with Gasteiger partial charge in [-0.2, -0.15) is 5.26 Å². The van der Waals surface area contributed by atoms with Gasteiger partial charge in [-0.15, -0.1) is 0 Å². The second kappa shape index (κ2) is 5.57. The third-order valence-electron chi connectivity index (χ3n) is 3.16. The molecular formula is C13H13N3O4. The lowest BCUT2D eigenvalue weighted by molar-refractivity contribution is -0.384. The van der Waals surface area contributed by atoms with Crippen LogP contribution in [0.15, 0.2) is 18.2 Å². The molecule has 0 unspecified atom stereocenters.